The Balaban J connectivity index is 2.21. The molecule has 0 radical (unpaired) electrons. The van der Waals surface area contributed by atoms with Crippen molar-refractivity contribution in [1.29, 1.82) is 5.26 Å². The summed E-state index contributed by atoms with van der Waals surface area (Å²) >= 11 is 3.43. The fourth-order valence-corrected chi connectivity index (χ4v) is 3.09. The molecule has 0 saturated heterocycles. The van der Waals surface area contributed by atoms with Gasteiger partial charge in [-0.25, -0.2) is 4.98 Å². The Labute approximate surface area is 105 Å². The molecule has 0 saturated carbocycles. The molecular weight excluding hydrogens is 238 g/mol. The molecule has 1 unspecified atom stereocenters. The highest BCUT2D eigenvalue weighted by Crippen LogP contribution is 2.22. The van der Waals surface area contributed by atoms with Crippen molar-refractivity contribution >= 4 is 23.1 Å². The normalized spacial score (nSPS) is 14.3. The Hall–Kier alpha value is -0.570. The van der Waals surface area contributed by atoms with Crippen LogP contribution in [0.25, 0.3) is 0 Å². The molecule has 1 rings (SSSR count). The minimum Gasteiger partial charge on any atom is -0.300 e. The van der Waals surface area contributed by atoms with Crippen molar-refractivity contribution in [3.8, 4) is 6.07 Å². The first-order chi connectivity index (χ1) is 7.70. The van der Waals surface area contributed by atoms with Gasteiger partial charge in [0.15, 0.2) is 0 Å². The molecule has 1 aromatic heterocycles. The van der Waals surface area contributed by atoms with E-state index in [1.54, 1.807) is 23.1 Å². The molecule has 1 heterocycles. The maximum Gasteiger partial charge on any atom is 0.149 e. The molecule has 0 spiro atoms. The fraction of sp³-hybridized carbons (Fsp3) is 0.636. The average molecular weight is 255 g/mol. The highest BCUT2D eigenvalue weighted by atomic mass is 32.2. The molecule has 1 aromatic rings. The number of aromatic nitrogens is 1. The van der Waals surface area contributed by atoms with Gasteiger partial charge in [-0.15, -0.1) is 11.3 Å². The summed E-state index contributed by atoms with van der Waals surface area (Å²) in [5.74, 6) is 1.02. The predicted octanol–water partition coefficient (Wildman–Crippen LogP) is 2.91. The molecule has 3 nitrogen and oxygen atoms in total. The zero-order valence-corrected chi connectivity index (χ0v) is 11.3. The van der Waals surface area contributed by atoms with Gasteiger partial charge in [0.25, 0.3) is 0 Å². The number of hydrogen-bond donors (Lipinski definition) is 1. The Morgan fingerprint density at radius 2 is 2.50 bits per heavy atom. The smallest absolute Gasteiger partial charge is 0.149 e. The van der Waals surface area contributed by atoms with Gasteiger partial charge in [-0.2, -0.15) is 5.26 Å². The van der Waals surface area contributed by atoms with Crippen LogP contribution in [-0.4, -0.2) is 22.8 Å². The SMILES string of the molecule is CCNC(C)(C#N)CCCSc1nccs1. The Bertz CT molecular complexity index is 331. The number of rotatable bonds is 7. The largest absolute Gasteiger partial charge is 0.300 e. The molecule has 16 heavy (non-hydrogen) atoms. The minimum atomic E-state index is -0.377. The van der Waals surface area contributed by atoms with Gasteiger partial charge >= 0.3 is 0 Å². The maximum absolute atomic E-state index is 9.07. The lowest BCUT2D eigenvalue weighted by Crippen LogP contribution is -2.40. The van der Waals surface area contributed by atoms with Crippen LogP contribution < -0.4 is 5.32 Å². The Morgan fingerprint density at radius 3 is 3.06 bits per heavy atom. The second kappa shape index (κ2) is 6.89. The fourth-order valence-electron chi connectivity index (χ4n) is 1.44. The summed E-state index contributed by atoms with van der Waals surface area (Å²) in [7, 11) is 0. The lowest BCUT2D eigenvalue weighted by molar-refractivity contribution is 0.426. The van der Waals surface area contributed by atoms with Gasteiger partial charge in [0, 0.05) is 17.3 Å². The van der Waals surface area contributed by atoms with E-state index < -0.39 is 0 Å². The molecule has 0 bridgehead atoms. The van der Waals surface area contributed by atoms with Crippen molar-refractivity contribution in [2.75, 3.05) is 12.3 Å². The summed E-state index contributed by atoms with van der Waals surface area (Å²) in [5, 5.41) is 14.3. The van der Waals surface area contributed by atoms with Crippen molar-refractivity contribution in [3.05, 3.63) is 11.6 Å². The molecule has 0 aliphatic carbocycles. The van der Waals surface area contributed by atoms with E-state index in [2.05, 4.69) is 16.4 Å². The predicted molar refractivity (Wildman–Crippen MR) is 69.8 cm³/mol. The molecule has 0 aliphatic rings. The van der Waals surface area contributed by atoms with Crippen LogP contribution in [0.15, 0.2) is 15.9 Å². The molecule has 0 aromatic carbocycles. The van der Waals surface area contributed by atoms with Crippen LogP contribution in [0, 0.1) is 11.3 Å². The van der Waals surface area contributed by atoms with Crippen LogP contribution in [0.5, 0.6) is 0 Å². The van der Waals surface area contributed by atoms with Gasteiger partial charge in [-0.1, -0.05) is 18.7 Å². The van der Waals surface area contributed by atoms with Crippen LogP contribution in [0.4, 0.5) is 0 Å². The first-order valence-corrected chi connectivity index (χ1v) is 7.25. The lowest BCUT2D eigenvalue weighted by Gasteiger charge is -2.21. The van der Waals surface area contributed by atoms with Crippen LogP contribution in [0.2, 0.25) is 0 Å². The minimum absolute atomic E-state index is 0.377. The second-order valence-corrected chi connectivity index (χ2v) is 5.96. The van der Waals surface area contributed by atoms with Crippen molar-refractivity contribution in [1.82, 2.24) is 10.3 Å². The summed E-state index contributed by atoms with van der Waals surface area (Å²) < 4.78 is 1.11. The van der Waals surface area contributed by atoms with E-state index in [0.717, 1.165) is 29.5 Å². The van der Waals surface area contributed by atoms with E-state index >= 15 is 0 Å². The standard InChI is InChI=1S/C11H17N3S2/c1-3-14-11(2,9-12)5-4-7-15-10-13-6-8-16-10/h6,8,14H,3-5,7H2,1-2H3. The van der Waals surface area contributed by atoms with Gasteiger partial charge in [0.2, 0.25) is 0 Å². The van der Waals surface area contributed by atoms with Gasteiger partial charge in [0.1, 0.15) is 9.88 Å². The third kappa shape index (κ3) is 4.52. The van der Waals surface area contributed by atoms with Crippen LogP contribution in [0.1, 0.15) is 26.7 Å². The number of nitrogens with zero attached hydrogens (tertiary/aromatic N) is 2. The number of thioether (sulfide) groups is 1. The van der Waals surface area contributed by atoms with E-state index in [1.807, 2.05) is 25.4 Å². The highest BCUT2D eigenvalue weighted by molar-refractivity contribution is 8.00. The Kier molecular flexibility index (Phi) is 5.81. The molecule has 0 fully saturated rings. The van der Waals surface area contributed by atoms with Gasteiger partial charge in [-0.3, -0.25) is 5.32 Å². The van der Waals surface area contributed by atoms with Crippen molar-refractivity contribution < 1.29 is 0 Å². The number of nitriles is 1. The zero-order chi connectivity index (χ0) is 11.9. The van der Waals surface area contributed by atoms with E-state index in [1.165, 1.54) is 0 Å². The van der Waals surface area contributed by atoms with Crippen molar-refractivity contribution in [3.63, 3.8) is 0 Å². The monoisotopic (exact) mass is 255 g/mol. The third-order valence-electron chi connectivity index (χ3n) is 2.27. The van der Waals surface area contributed by atoms with Crippen LogP contribution in [-0.2, 0) is 0 Å². The summed E-state index contributed by atoms with van der Waals surface area (Å²) in [6.45, 7) is 4.83. The van der Waals surface area contributed by atoms with Gasteiger partial charge < -0.3 is 0 Å². The lowest BCUT2D eigenvalue weighted by atomic mass is 9.98. The summed E-state index contributed by atoms with van der Waals surface area (Å²) in [4.78, 5) is 4.21. The van der Waals surface area contributed by atoms with Crippen molar-refractivity contribution in [2.45, 2.75) is 36.6 Å². The van der Waals surface area contributed by atoms with E-state index in [-0.39, 0.29) is 5.54 Å². The average Bonchev–Trinajstić information content (AvgIpc) is 2.78. The van der Waals surface area contributed by atoms with E-state index in [0.29, 0.717) is 0 Å². The first kappa shape index (κ1) is 13.5. The second-order valence-electron chi connectivity index (χ2n) is 3.72. The van der Waals surface area contributed by atoms with E-state index in [9.17, 15) is 0 Å². The van der Waals surface area contributed by atoms with Crippen molar-refractivity contribution in [2.24, 2.45) is 0 Å². The highest BCUT2D eigenvalue weighted by Gasteiger charge is 2.21. The Morgan fingerprint density at radius 1 is 1.69 bits per heavy atom. The molecular formula is C11H17N3S2. The first-order valence-electron chi connectivity index (χ1n) is 5.39. The van der Waals surface area contributed by atoms with E-state index in [4.69, 9.17) is 5.26 Å². The number of thiazole rings is 1. The zero-order valence-electron chi connectivity index (χ0n) is 9.69. The maximum atomic E-state index is 9.07. The molecule has 0 amide bonds. The summed E-state index contributed by atoms with van der Waals surface area (Å²) in [6, 6.07) is 2.34. The number of nitrogens with one attached hydrogen (secondary N) is 1. The molecule has 88 valence electrons. The molecule has 1 N–H and O–H groups in total. The summed E-state index contributed by atoms with van der Waals surface area (Å²) in [5.41, 5.74) is -0.377. The topological polar surface area (TPSA) is 48.7 Å². The van der Waals surface area contributed by atoms with Crippen LogP contribution >= 0.6 is 23.1 Å². The molecule has 5 heteroatoms. The summed E-state index contributed by atoms with van der Waals surface area (Å²) in [6.07, 6.45) is 3.74. The van der Waals surface area contributed by atoms with Crippen LogP contribution in [0.3, 0.4) is 0 Å². The van der Waals surface area contributed by atoms with Gasteiger partial charge in [-0.05, 0) is 26.3 Å². The quantitative estimate of drug-likeness (QED) is 0.601. The molecule has 1 atom stereocenters. The number of hydrogen-bond acceptors (Lipinski definition) is 5. The molecule has 0 aliphatic heterocycles. The third-order valence-corrected chi connectivity index (χ3v) is 4.32. The van der Waals surface area contributed by atoms with Gasteiger partial charge in [0.05, 0.1) is 6.07 Å².